The van der Waals surface area contributed by atoms with E-state index in [4.69, 9.17) is 9.47 Å². The first kappa shape index (κ1) is 24.6. The van der Waals surface area contributed by atoms with Crippen molar-refractivity contribution in [2.45, 2.75) is 30.8 Å². The number of rotatable bonds is 4. The molecule has 0 aromatic heterocycles. The number of fused-ring (bicyclic) bond motifs is 1. The molecule has 3 aliphatic heterocycles. The van der Waals surface area contributed by atoms with Crippen molar-refractivity contribution in [2.75, 3.05) is 63.1 Å². The monoisotopic (exact) mass is 505 g/mol. The molecule has 1 unspecified atom stereocenters. The highest BCUT2D eigenvalue weighted by atomic mass is 32.2. The standard InChI is InChI=1S/C21H26F3N3O6S/c1-2-32-21(29)26-7-5-25(6-8-26)20(28)14-15(22)17(24)19-18(16(14)23)27(9-11-34(19,30)31)12-13-4-3-10-33-13/h13H,2-12H2,1H3. The lowest BCUT2D eigenvalue weighted by molar-refractivity contribution is 0.0561. The number of ether oxygens (including phenoxy) is 2. The number of sulfone groups is 1. The maximum absolute atomic E-state index is 15.7. The number of piperazine rings is 1. The van der Waals surface area contributed by atoms with E-state index in [1.165, 1.54) is 9.80 Å². The van der Waals surface area contributed by atoms with Gasteiger partial charge < -0.3 is 24.2 Å². The summed E-state index contributed by atoms with van der Waals surface area (Å²) in [5.74, 6) is -6.63. The Morgan fingerprint density at radius 2 is 1.71 bits per heavy atom. The smallest absolute Gasteiger partial charge is 0.409 e. The normalized spacial score (nSPS) is 22.0. The van der Waals surface area contributed by atoms with Gasteiger partial charge in [-0.05, 0) is 19.8 Å². The minimum absolute atomic E-state index is 0.0485. The molecule has 2 amide bonds. The van der Waals surface area contributed by atoms with E-state index in [0.29, 0.717) is 13.0 Å². The van der Waals surface area contributed by atoms with E-state index in [1.807, 2.05) is 0 Å². The Balaban J connectivity index is 1.67. The van der Waals surface area contributed by atoms with Crippen LogP contribution in [0.4, 0.5) is 23.7 Å². The maximum atomic E-state index is 15.7. The summed E-state index contributed by atoms with van der Waals surface area (Å²) in [5.41, 5.74) is -1.77. The molecule has 0 bridgehead atoms. The van der Waals surface area contributed by atoms with Crippen molar-refractivity contribution >= 4 is 27.5 Å². The predicted molar refractivity (Wildman–Crippen MR) is 114 cm³/mol. The largest absolute Gasteiger partial charge is 0.450 e. The summed E-state index contributed by atoms with van der Waals surface area (Å²) in [6.07, 6.45) is 0.573. The van der Waals surface area contributed by atoms with Crippen LogP contribution in [0.2, 0.25) is 0 Å². The Morgan fingerprint density at radius 3 is 2.32 bits per heavy atom. The number of carbonyl (C=O) groups is 2. The molecule has 34 heavy (non-hydrogen) atoms. The van der Waals surface area contributed by atoms with Crippen molar-refractivity contribution in [3.8, 4) is 0 Å². The number of nitrogens with zero attached hydrogens (tertiary/aromatic N) is 3. The van der Waals surface area contributed by atoms with Gasteiger partial charge in [0.2, 0.25) is 0 Å². The van der Waals surface area contributed by atoms with Crippen LogP contribution in [-0.2, 0) is 19.3 Å². The summed E-state index contributed by atoms with van der Waals surface area (Å²) in [6.45, 7) is 2.33. The Labute approximate surface area is 195 Å². The SMILES string of the molecule is CCOC(=O)N1CCN(C(=O)c2c(F)c(F)c3c(c2F)N(CC2CCCO2)CCS3(=O)=O)CC1. The van der Waals surface area contributed by atoms with Crippen LogP contribution in [0.15, 0.2) is 4.90 Å². The van der Waals surface area contributed by atoms with Crippen molar-refractivity contribution in [3.05, 3.63) is 23.0 Å². The number of halogens is 3. The molecule has 0 saturated carbocycles. The molecule has 0 N–H and O–H groups in total. The molecule has 2 saturated heterocycles. The van der Waals surface area contributed by atoms with Gasteiger partial charge in [-0.15, -0.1) is 0 Å². The van der Waals surface area contributed by atoms with Crippen molar-refractivity contribution in [1.29, 1.82) is 0 Å². The summed E-state index contributed by atoms with van der Waals surface area (Å²) in [7, 11) is -4.29. The molecule has 1 aromatic carbocycles. The molecule has 1 aromatic rings. The lowest BCUT2D eigenvalue weighted by Crippen LogP contribution is -2.51. The van der Waals surface area contributed by atoms with Crippen molar-refractivity contribution < 1.29 is 40.7 Å². The third-order valence-corrected chi connectivity index (χ3v) is 7.98. The van der Waals surface area contributed by atoms with E-state index in [2.05, 4.69) is 0 Å². The predicted octanol–water partition coefficient (Wildman–Crippen LogP) is 1.79. The van der Waals surface area contributed by atoms with Gasteiger partial charge >= 0.3 is 6.09 Å². The molecule has 13 heteroatoms. The van der Waals surface area contributed by atoms with Gasteiger partial charge in [-0.2, -0.15) is 0 Å². The molecule has 0 radical (unpaired) electrons. The van der Waals surface area contributed by atoms with Crippen LogP contribution in [-0.4, -0.2) is 94.6 Å². The summed E-state index contributed by atoms with van der Waals surface area (Å²) in [6, 6.07) is 0. The average molecular weight is 506 g/mol. The highest BCUT2D eigenvalue weighted by Gasteiger charge is 2.42. The molecule has 9 nitrogen and oxygen atoms in total. The van der Waals surface area contributed by atoms with Crippen LogP contribution >= 0.6 is 0 Å². The second-order valence-corrected chi connectivity index (χ2v) is 10.4. The second-order valence-electron chi connectivity index (χ2n) is 8.37. The zero-order valence-corrected chi connectivity index (χ0v) is 19.5. The van der Waals surface area contributed by atoms with Crippen LogP contribution in [0.25, 0.3) is 0 Å². The molecule has 0 aliphatic carbocycles. The Morgan fingerprint density at radius 1 is 1.03 bits per heavy atom. The minimum atomic E-state index is -4.29. The van der Waals surface area contributed by atoms with Crippen LogP contribution in [0, 0.1) is 17.5 Å². The number of carbonyl (C=O) groups excluding carboxylic acids is 2. The molecular weight excluding hydrogens is 479 g/mol. The van der Waals surface area contributed by atoms with E-state index in [0.717, 1.165) is 11.3 Å². The van der Waals surface area contributed by atoms with Crippen LogP contribution in [0.3, 0.4) is 0 Å². The topological polar surface area (TPSA) is 96.5 Å². The molecular formula is C21H26F3N3O6S. The first-order valence-corrected chi connectivity index (χ1v) is 12.8. The number of amides is 2. The van der Waals surface area contributed by atoms with Gasteiger partial charge in [-0.1, -0.05) is 0 Å². The molecule has 3 aliphatic rings. The van der Waals surface area contributed by atoms with Crippen molar-refractivity contribution in [3.63, 3.8) is 0 Å². The molecule has 188 valence electrons. The van der Waals surface area contributed by atoms with Gasteiger partial charge in [-0.25, -0.2) is 26.4 Å². The number of benzene rings is 1. The molecule has 4 rings (SSSR count). The third-order valence-electron chi connectivity index (χ3n) is 6.27. The quantitative estimate of drug-likeness (QED) is 0.576. The van der Waals surface area contributed by atoms with Gasteiger partial charge in [0, 0.05) is 45.9 Å². The van der Waals surface area contributed by atoms with Gasteiger partial charge in [0.1, 0.15) is 10.5 Å². The summed E-state index contributed by atoms with van der Waals surface area (Å²) in [5, 5.41) is 0. The first-order chi connectivity index (χ1) is 16.2. The number of anilines is 1. The fourth-order valence-electron chi connectivity index (χ4n) is 4.51. The van der Waals surface area contributed by atoms with Crippen LogP contribution in [0.5, 0.6) is 0 Å². The Hall–Kier alpha value is -2.54. The lowest BCUT2D eigenvalue weighted by Gasteiger charge is -2.36. The van der Waals surface area contributed by atoms with Crippen molar-refractivity contribution in [1.82, 2.24) is 9.80 Å². The summed E-state index contributed by atoms with van der Waals surface area (Å²) < 4.78 is 81.3. The minimum Gasteiger partial charge on any atom is -0.450 e. The second kappa shape index (κ2) is 9.61. The number of hydrogen-bond donors (Lipinski definition) is 0. The van der Waals surface area contributed by atoms with Gasteiger partial charge in [-0.3, -0.25) is 4.79 Å². The third kappa shape index (κ3) is 4.42. The molecule has 0 spiro atoms. The first-order valence-electron chi connectivity index (χ1n) is 11.2. The van der Waals surface area contributed by atoms with Gasteiger partial charge in [0.05, 0.1) is 24.2 Å². The van der Waals surface area contributed by atoms with E-state index in [9.17, 15) is 22.4 Å². The molecule has 2 fully saturated rings. The Kier molecular flexibility index (Phi) is 6.94. The fraction of sp³-hybridized carbons (Fsp3) is 0.619. The van der Waals surface area contributed by atoms with Gasteiger partial charge in [0.15, 0.2) is 27.3 Å². The number of hydrogen-bond acceptors (Lipinski definition) is 7. The zero-order valence-electron chi connectivity index (χ0n) is 18.7. The molecule has 1 atom stereocenters. The fourth-order valence-corrected chi connectivity index (χ4v) is 6.05. The van der Waals surface area contributed by atoms with Gasteiger partial charge in [0.25, 0.3) is 5.91 Å². The maximum Gasteiger partial charge on any atom is 0.409 e. The molecule has 3 heterocycles. The summed E-state index contributed by atoms with van der Waals surface area (Å²) >= 11 is 0. The van der Waals surface area contributed by atoms with E-state index < -0.39 is 61.2 Å². The lowest BCUT2D eigenvalue weighted by atomic mass is 10.1. The van der Waals surface area contributed by atoms with Crippen LogP contribution in [0.1, 0.15) is 30.1 Å². The summed E-state index contributed by atoms with van der Waals surface area (Å²) in [4.78, 5) is 27.6. The Bertz CT molecular complexity index is 1090. The average Bonchev–Trinajstić information content (AvgIpc) is 3.32. The van der Waals surface area contributed by atoms with E-state index >= 15 is 8.78 Å². The highest BCUT2D eigenvalue weighted by Crippen LogP contribution is 2.39. The van der Waals surface area contributed by atoms with E-state index in [1.54, 1.807) is 6.92 Å². The zero-order chi connectivity index (χ0) is 24.6. The van der Waals surface area contributed by atoms with E-state index in [-0.39, 0.29) is 52.0 Å². The van der Waals surface area contributed by atoms with Crippen LogP contribution < -0.4 is 4.90 Å². The highest BCUT2D eigenvalue weighted by molar-refractivity contribution is 7.91. The van der Waals surface area contributed by atoms with Crippen molar-refractivity contribution in [2.24, 2.45) is 0 Å².